The molecular formula is C18H18N2O2. The van der Waals surface area contributed by atoms with Crippen molar-refractivity contribution in [2.75, 3.05) is 5.32 Å². The van der Waals surface area contributed by atoms with Gasteiger partial charge in [0.25, 0.3) is 5.91 Å². The molecule has 4 heteroatoms. The number of nitrogens with zero attached hydrogens (tertiary/aromatic N) is 1. The zero-order valence-electron chi connectivity index (χ0n) is 12.9. The third-order valence-corrected chi connectivity index (χ3v) is 3.51. The highest BCUT2D eigenvalue weighted by molar-refractivity contribution is 5.94. The Morgan fingerprint density at radius 2 is 1.86 bits per heavy atom. The summed E-state index contributed by atoms with van der Waals surface area (Å²) in [5, 5.41) is 11.5. The first-order valence-corrected chi connectivity index (χ1v) is 7.05. The molecule has 0 fully saturated rings. The van der Waals surface area contributed by atoms with E-state index in [1.807, 2.05) is 38.1 Å². The lowest BCUT2D eigenvalue weighted by atomic mass is 10.1. The van der Waals surface area contributed by atoms with Crippen LogP contribution < -0.4 is 10.1 Å². The van der Waals surface area contributed by atoms with Crippen LogP contribution in [0.2, 0.25) is 0 Å². The Kier molecular flexibility index (Phi) is 4.80. The molecule has 0 bridgehead atoms. The number of amides is 1. The molecule has 4 nitrogen and oxygen atoms in total. The van der Waals surface area contributed by atoms with Gasteiger partial charge in [-0.05, 0) is 62.2 Å². The Morgan fingerprint density at radius 1 is 1.18 bits per heavy atom. The molecule has 0 aromatic heterocycles. The van der Waals surface area contributed by atoms with Crippen molar-refractivity contribution < 1.29 is 9.53 Å². The second-order valence-corrected chi connectivity index (χ2v) is 5.14. The van der Waals surface area contributed by atoms with E-state index >= 15 is 0 Å². The normalized spacial score (nSPS) is 11.4. The number of ether oxygens (including phenoxy) is 1. The van der Waals surface area contributed by atoms with Crippen LogP contribution in [0, 0.1) is 25.2 Å². The van der Waals surface area contributed by atoms with Crippen molar-refractivity contribution in [1.82, 2.24) is 0 Å². The lowest BCUT2D eigenvalue weighted by Gasteiger charge is -2.17. The number of anilines is 1. The monoisotopic (exact) mass is 294 g/mol. The second-order valence-electron chi connectivity index (χ2n) is 5.14. The quantitative estimate of drug-likeness (QED) is 0.937. The van der Waals surface area contributed by atoms with E-state index in [1.165, 1.54) is 0 Å². The number of nitrogens with one attached hydrogen (secondary N) is 1. The number of hydrogen-bond donors (Lipinski definition) is 1. The zero-order chi connectivity index (χ0) is 16.1. The van der Waals surface area contributed by atoms with Crippen LogP contribution in [0.25, 0.3) is 0 Å². The Hall–Kier alpha value is -2.80. The van der Waals surface area contributed by atoms with Gasteiger partial charge in [0.15, 0.2) is 6.10 Å². The number of aryl methyl sites for hydroxylation is 1. The predicted molar refractivity (Wildman–Crippen MR) is 85.8 cm³/mol. The molecule has 0 aliphatic heterocycles. The third-order valence-electron chi connectivity index (χ3n) is 3.51. The molecule has 0 aliphatic rings. The number of carbonyl (C=O) groups excluding carboxylic acids is 1. The lowest BCUT2D eigenvalue weighted by Crippen LogP contribution is -2.30. The van der Waals surface area contributed by atoms with Crippen LogP contribution in [0.15, 0.2) is 42.5 Å². The molecule has 0 unspecified atom stereocenters. The van der Waals surface area contributed by atoms with Gasteiger partial charge in [-0.2, -0.15) is 5.26 Å². The maximum absolute atomic E-state index is 12.2. The van der Waals surface area contributed by atoms with Gasteiger partial charge in [0, 0.05) is 5.69 Å². The van der Waals surface area contributed by atoms with Crippen molar-refractivity contribution in [3.63, 3.8) is 0 Å². The van der Waals surface area contributed by atoms with Crippen molar-refractivity contribution >= 4 is 11.6 Å². The highest BCUT2D eigenvalue weighted by Gasteiger charge is 2.16. The first kappa shape index (κ1) is 15.6. The SMILES string of the molecule is Cc1cccc(O[C@@H](C)C(=O)Nc2ccc(C#N)cc2)c1C. The summed E-state index contributed by atoms with van der Waals surface area (Å²) in [6.45, 7) is 5.68. The molecule has 2 rings (SSSR count). The highest BCUT2D eigenvalue weighted by atomic mass is 16.5. The number of carbonyl (C=O) groups is 1. The molecule has 0 aliphatic carbocycles. The van der Waals surface area contributed by atoms with E-state index in [9.17, 15) is 4.79 Å². The van der Waals surface area contributed by atoms with E-state index in [0.717, 1.165) is 11.1 Å². The number of hydrogen-bond acceptors (Lipinski definition) is 3. The Morgan fingerprint density at radius 3 is 2.50 bits per heavy atom. The summed E-state index contributed by atoms with van der Waals surface area (Å²) < 4.78 is 5.74. The van der Waals surface area contributed by atoms with Crippen LogP contribution in [0.1, 0.15) is 23.6 Å². The molecule has 0 heterocycles. The molecule has 0 radical (unpaired) electrons. The largest absolute Gasteiger partial charge is 0.481 e. The van der Waals surface area contributed by atoms with Crippen LogP contribution in [0.5, 0.6) is 5.75 Å². The summed E-state index contributed by atoms with van der Waals surface area (Å²) in [6.07, 6.45) is -0.615. The molecule has 0 saturated carbocycles. The van der Waals surface area contributed by atoms with Crippen LogP contribution in [0.4, 0.5) is 5.69 Å². The average Bonchev–Trinajstić information content (AvgIpc) is 2.52. The van der Waals surface area contributed by atoms with Gasteiger partial charge < -0.3 is 10.1 Å². The molecule has 0 saturated heterocycles. The van der Waals surface area contributed by atoms with Crippen LogP contribution in [-0.2, 0) is 4.79 Å². The molecule has 1 atom stereocenters. The summed E-state index contributed by atoms with van der Waals surface area (Å²) in [5.41, 5.74) is 3.34. The maximum atomic E-state index is 12.2. The Labute approximate surface area is 130 Å². The van der Waals surface area contributed by atoms with Crippen molar-refractivity contribution in [2.24, 2.45) is 0 Å². The minimum Gasteiger partial charge on any atom is -0.481 e. The molecule has 2 aromatic rings. The van der Waals surface area contributed by atoms with Gasteiger partial charge in [0.05, 0.1) is 11.6 Å². The molecular weight excluding hydrogens is 276 g/mol. The first-order chi connectivity index (χ1) is 10.5. The summed E-state index contributed by atoms with van der Waals surface area (Å²) in [4.78, 5) is 12.2. The van der Waals surface area contributed by atoms with Crippen molar-refractivity contribution in [2.45, 2.75) is 26.9 Å². The van der Waals surface area contributed by atoms with E-state index in [1.54, 1.807) is 31.2 Å². The predicted octanol–water partition coefficient (Wildman–Crippen LogP) is 3.58. The number of benzene rings is 2. The van der Waals surface area contributed by atoms with Crippen LogP contribution in [0.3, 0.4) is 0 Å². The van der Waals surface area contributed by atoms with Crippen molar-refractivity contribution in [3.8, 4) is 11.8 Å². The molecule has 22 heavy (non-hydrogen) atoms. The fraction of sp³-hybridized carbons (Fsp3) is 0.222. The van der Waals surface area contributed by atoms with Crippen LogP contribution in [-0.4, -0.2) is 12.0 Å². The van der Waals surface area contributed by atoms with Gasteiger partial charge in [-0.1, -0.05) is 12.1 Å². The average molecular weight is 294 g/mol. The standard InChI is InChI=1S/C18H18N2O2/c1-12-5-4-6-17(13(12)2)22-14(3)18(21)20-16-9-7-15(11-19)8-10-16/h4-10,14H,1-3H3,(H,20,21)/t14-/m0/s1. The molecule has 112 valence electrons. The minimum absolute atomic E-state index is 0.231. The van der Waals surface area contributed by atoms with E-state index in [4.69, 9.17) is 10.00 Å². The van der Waals surface area contributed by atoms with Gasteiger partial charge >= 0.3 is 0 Å². The van der Waals surface area contributed by atoms with Gasteiger partial charge in [-0.15, -0.1) is 0 Å². The summed E-state index contributed by atoms with van der Waals surface area (Å²) in [6, 6.07) is 14.5. The zero-order valence-corrected chi connectivity index (χ0v) is 12.9. The summed E-state index contributed by atoms with van der Waals surface area (Å²) in [5.74, 6) is 0.480. The lowest BCUT2D eigenvalue weighted by molar-refractivity contribution is -0.122. The fourth-order valence-electron chi connectivity index (χ4n) is 1.97. The van der Waals surface area contributed by atoms with Crippen molar-refractivity contribution in [1.29, 1.82) is 5.26 Å². The Balaban J connectivity index is 2.02. The van der Waals surface area contributed by atoms with E-state index in [2.05, 4.69) is 5.32 Å². The molecule has 0 spiro atoms. The van der Waals surface area contributed by atoms with Gasteiger partial charge in [0.1, 0.15) is 5.75 Å². The van der Waals surface area contributed by atoms with Crippen LogP contribution >= 0.6 is 0 Å². The molecule has 1 amide bonds. The highest BCUT2D eigenvalue weighted by Crippen LogP contribution is 2.22. The smallest absolute Gasteiger partial charge is 0.265 e. The summed E-state index contributed by atoms with van der Waals surface area (Å²) in [7, 11) is 0. The van der Waals surface area contributed by atoms with Gasteiger partial charge in [-0.25, -0.2) is 0 Å². The Bertz CT molecular complexity index is 715. The fourth-order valence-corrected chi connectivity index (χ4v) is 1.97. The van der Waals surface area contributed by atoms with Gasteiger partial charge in [-0.3, -0.25) is 4.79 Å². The first-order valence-electron chi connectivity index (χ1n) is 7.05. The maximum Gasteiger partial charge on any atom is 0.265 e. The molecule has 1 N–H and O–H groups in total. The molecule has 2 aromatic carbocycles. The van der Waals surface area contributed by atoms with E-state index in [0.29, 0.717) is 17.0 Å². The number of nitriles is 1. The van der Waals surface area contributed by atoms with E-state index in [-0.39, 0.29) is 5.91 Å². The number of rotatable bonds is 4. The summed E-state index contributed by atoms with van der Waals surface area (Å²) >= 11 is 0. The van der Waals surface area contributed by atoms with E-state index < -0.39 is 6.10 Å². The topological polar surface area (TPSA) is 62.1 Å². The van der Waals surface area contributed by atoms with Gasteiger partial charge in [0.2, 0.25) is 0 Å². The second kappa shape index (κ2) is 6.77. The minimum atomic E-state index is -0.615. The third kappa shape index (κ3) is 3.64. The van der Waals surface area contributed by atoms with Crippen molar-refractivity contribution in [3.05, 3.63) is 59.2 Å².